The van der Waals surface area contributed by atoms with E-state index in [-0.39, 0.29) is 10.7 Å². The van der Waals surface area contributed by atoms with Gasteiger partial charge >= 0.3 is 5.97 Å². The number of carbonyl (C=O) groups excluding carboxylic acids is 3. The van der Waals surface area contributed by atoms with E-state index in [2.05, 4.69) is 0 Å². The molecule has 1 N–H and O–H groups in total. The molecule has 0 unspecified atom stereocenters. The lowest BCUT2D eigenvalue weighted by Gasteiger charge is -2.07. The Morgan fingerprint density at radius 2 is 1.71 bits per heavy atom. The minimum Gasteiger partial charge on any atom is -0.451 e. The monoisotopic (exact) mass is 357 g/mol. The van der Waals surface area contributed by atoms with E-state index < -0.39 is 41.6 Å². The molecule has 0 radical (unpaired) electrons. The summed E-state index contributed by atoms with van der Waals surface area (Å²) >= 11 is 0.904. The molecule has 0 bridgehead atoms. The van der Waals surface area contributed by atoms with E-state index in [1.807, 2.05) is 5.32 Å². The molecule has 24 heavy (non-hydrogen) atoms. The highest BCUT2D eigenvalue weighted by Gasteiger charge is 2.17. The molecule has 1 heterocycles. The van der Waals surface area contributed by atoms with Crippen molar-refractivity contribution < 1.29 is 32.3 Å². The second-order valence-corrected chi connectivity index (χ2v) is 5.65. The summed E-state index contributed by atoms with van der Waals surface area (Å²) in [6.07, 6.45) is 0. The number of hydrogen-bond acceptors (Lipinski definition) is 5. The van der Waals surface area contributed by atoms with Crippen LogP contribution in [0, 0.1) is 17.5 Å². The highest BCUT2D eigenvalue weighted by atomic mass is 32.1. The SMILES string of the molecule is CC(=O)c1ccc(C(=O)OCC(=O)Nc2ccc(F)c(F)c2F)s1. The van der Waals surface area contributed by atoms with Gasteiger partial charge < -0.3 is 10.1 Å². The van der Waals surface area contributed by atoms with Gasteiger partial charge in [0.2, 0.25) is 0 Å². The standard InChI is InChI=1S/C15H10F3NO4S/c1-7(20)10-4-5-11(24-10)15(22)23-6-12(21)19-9-3-2-8(16)13(17)14(9)18/h2-5H,6H2,1H3,(H,19,21). The third-order valence-corrected chi connectivity index (χ3v) is 3.96. The summed E-state index contributed by atoms with van der Waals surface area (Å²) in [7, 11) is 0. The van der Waals surface area contributed by atoms with Gasteiger partial charge in [0.15, 0.2) is 29.8 Å². The van der Waals surface area contributed by atoms with Crippen LogP contribution in [0.4, 0.5) is 18.9 Å². The maximum Gasteiger partial charge on any atom is 0.348 e. The summed E-state index contributed by atoms with van der Waals surface area (Å²) < 4.78 is 43.9. The molecular formula is C15H10F3NO4S. The number of carbonyl (C=O) groups is 3. The third-order valence-electron chi connectivity index (χ3n) is 2.80. The van der Waals surface area contributed by atoms with Crippen LogP contribution in [0.5, 0.6) is 0 Å². The first-order valence-corrected chi connectivity index (χ1v) is 7.32. The molecule has 0 fully saturated rings. The zero-order valence-corrected chi connectivity index (χ0v) is 13.0. The summed E-state index contributed by atoms with van der Waals surface area (Å²) in [6.45, 7) is 0.579. The molecule has 1 aromatic carbocycles. The summed E-state index contributed by atoms with van der Waals surface area (Å²) in [5.41, 5.74) is -0.579. The zero-order valence-electron chi connectivity index (χ0n) is 12.2. The van der Waals surface area contributed by atoms with Gasteiger partial charge in [-0.2, -0.15) is 0 Å². The molecule has 0 atom stereocenters. The Kier molecular flexibility index (Phi) is 5.35. The van der Waals surface area contributed by atoms with Crippen LogP contribution < -0.4 is 5.32 Å². The van der Waals surface area contributed by atoms with Gasteiger partial charge in [-0.25, -0.2) is 18.0 Å². The van der Waals surface area contributed by atoms with E-state index in [0.29, 0.717) is 10.9 Å². The number of amides is 1. The van der Waals surface area contributed by atoms with Crippen molar-refractivity contribution in [1.29, 1.82) is 0 Å². The van der Waals surface area contributed by atoms with E-state index in [9.17, 15) is 27.6 Å². The van der Waals surface area contributed by atoms with Crippen LogP contribution in [0.15, 0.2) is 24.3 Å². The number of hydrogen-bond donors (Lipinski definition) is 1. The molecule has 0 spiro atoms. The first kappa shape index (κ1) is 17.7. The van der Waals surface area contributed by atoms with Crippen LogP contribution in [0.3, 0.4) is 0 Å². The Balaban J connectivity index is 1.94. The molecule has 126 valence electrons. The molecule has 1 aromatic heterocycles. The van der Waals surface area contributed by atoms with Crippen molar-refractivity contribution in [2.24, 2.45) is 0 Å². The maximum atomic E-state index is 13.4. The minimum atomic E-state index is -1.72. The smallest absolute Gasteiger partial charge is 0.348 e. The largest absolute Gasteiger partial charge is 0.451 e. The first-order valence-electron chi connectivity index (χ1n) is 6.51. The number of rotatable bonds is 5. The van der Waals surface area contributed by atoms with Gasteiger partial charge in [-0.15, -0.1) is 11.3 Å². The van der Waals surface area contributed by atoms with E-state index >= 15 is 0 Å². The molecule has 5 nitrogen and oxygen atoms in total. The molecule has 0 aliphatic carbocycles. The van der Waals surface area contributed by atoms with Gasteiger partial charge in [0.25, 0.3) is 5.91 Å². The van der Waals surface area contributed by atoms with Crippen molar-refractivity contribution in [1.82, 2.24) is 0 Å². The molecule has 0 aliphatic heterocycles. The fraction of sp³-hybridized carbons (Fsp3) is 0.133. The predicted molar refractivity (Wildman–Crippen MR) is 79.6 cm³/mol. The van der Waals surface area contributed by atoms with E-state index in [0.717, 1.165) is 17.4 Å². The molecule has 0 saturated heterocycles. The normalized spacial score (nSPS) is 10.3. The number of esters is 1. The summed E-state index contributed by atoms with van der Waals surface area (Å²) in [6, 6.07) is 4.30. The highest BCUT2D eigenvalue weighted by molar-refractivity contribution is 7.15. The van der Waals surface area contributed by atoms with Crippen LogP contribution in [0.1, 0.15) is 26.3 Å². The Bertz CT molecular complexity index is 819. The van der Waals surface area contributed by atoms with Gasteiger partial charge in [0, 0.05) is 0 Å². The quantitative estimate of drug-likeness (QED) is 0.507. The average molecular weight is 357 g/mol. The second-order valence-electron chi connectivity index (χ2n) is 4.57. The van der Waals surface area contributed by atoms with Crippen molar-refractivity contribution in [2.45, 2.75) is 6.92 Å². The predicted octanol–water partition coefficient (Wildman–Crippen LogP) is 3.16. The van der Waals surface area contributed by atoms with Crippen molar-refractivity contribution >= 4 is 34.7 Å². The van der Waals surface area contributed by atoms with E-state index in [1.165, 1.54) is 19.1 Å². The van der Waals surface area contributed by atoms with Crippen molar-refractivity contribution in [3.8, 4) is 0 Å². The molecular weight excluding hydrogens is 347 g/mol. The molecule has 0 saturated carbocycles. The highest BCUT2D eigenvalue weighted by Crippen LogP contribution is 2.20. The summed E-state index contributed by atoms with van der Waals surface area (Å²) in [5, 5.41) is 1.96. The van der Waals surface area contributed by atoms with Gasteiger partial charge in [0.1, 0.15) is 4.88 Å². The third kappa shape index (κ3) is 3.99. The molecule has 2 aromatic rings. The van der Waals surface area contributed by atoms with Gasteiger partial charge in [-0.3, -0.25) is 9.59 Å². The van der Waals surface area contributed by atoms with Crippen LogP contribution in [0.2, 0.25) is 0 Å². The Morgan fingerprint density at radius 1 is 1.04 bits per heavy atom. The minimum absolute atomic E-state index is 0.118. The Labute approximate surface area is 138 Å². The topological polar surface area (TPSA) is 72.5 Å². The van der Waals surface area contributed by atoms with Gasteiger partial charge in [-0.1, -0.05) is 0 Å². The van der Waals surface area contributed by atoms with Crippen molar-refractivity contribution in [3.63, 3.8) is 0 Å². The number of benzene rings is 1. The lowest BCUT2D eigenvalue weighted by molar-refractivity contribution is -0.119. The van der Waals surface area contributed by atoms with Crippen molar-refractivity contribution in [3.05, 3.63) is 51.5 Å². The lowest BCUT2D eigenvalue weighted by Crippen LogP contribution is -2.21. The van der Waals surface area contributed by atoms with Gasteiger partial charge in [0.05, 0.1) is 10.6 Å². The number of nitrogens with one attached hydrogen (secondary N) is 1. The number of halogens is 3. The van der Waals surface area contributed by atoms with E-state index in [1.54, 1.807) is 0 Å². The van der Waals surface area contributed by atoms with Gasteiger partial charge in [-0.05, 0) is 31.2 Å². The maximum absolute atomic E-state index is 13.4. The Hall–Kier alpha value is -2.68. The number of Topliss-reactive ketones (excluding diaryl/α,β-unsaturated/α-hetero) is 1. The zero-order chi connectivity index (χ0) is 17.9. The lowest BCUT2D eigenvalue weighted by atomic mass is 10.3. The van der Waals surface area contributed by atoms with Crippen LogP contribution in [-0.4, -0.2) is 24.3 Å². The molecule has 1 amide bonds. The number of anilines is 1. The van der Waals surface area contributed by atoms with Crippen LogP contribution in [-0.2, 0) is 9.53 Å². The van der Waals surface area contributed by atoms with E-state index in [4.69, 9.17) is 4.74 Å². The summed E-state index contributed by atoms with van der Waals surface area (Å²) in [5.74, 6) is -6.66. The average Bonchev–Trinajstić information content (AvgIpc) is 3.03. The molecule has 0 aliphatic rings. The second kappa shape index (κ2) is 7.26. The first-order chi connectivity index (χ1) is 11.3. The van der Waals surface area contributed by atoms with Crippen LogP contribution >= 0.6 is 11.3 Å². The van der Waals surface area contributed by atoms with Crippen molar-refractivity contribution in [2.75, 3.05) is 11.9 Å². The Morgan fingerprint density at radius 3 is 2.33 bits per heavy atom. The molecule has 9 heteroatoms. The summed E-state index contributed by atoms with van der Waals surface area (Å²) in [4.78, 5) is 34.9. The number of ether oxygens (including phenoxy) is 1. The fourth-order valence-corrected chi connectivity index (χ4v) is 2.44. The number of thiophene rings is 1. The fourth-order valence-electron chi connectivity index (χ4n) is 1.65. The molecule has 2 rings (SSSR count). The number of ketones is 1. The van der Waals surface area contributed by atoms with Crippen LogP contribution in [0.25, 0.3) is 0 Å².